The monoisotopic (exact) mass is 264 g/mol. The molecule has 0 heterocycles. The molecule has 0 aliphatic heterocycles. The van der Waals surface area contributed by atoms with Crippen molar-refractivity contribution in [2.24, 2.45) is 5.73 Å². The standard InChI is InChI=1S/C8H18N2O3S.Ca.2H/c1-2-3-5-14(10,13)6-4-7(9)8(11)12;;;/h7,10H,2-6,9H2,1H3,(H,11,12);;;/q;+2;2*-1. The van der Waals surface area contributed by atoms with Gasteiger partial charge in [-0.3, -0.25) is 9.57 Å². The minimum atomic E-state index is -2.62. The van der Waals surface area contributed by atoms with Crippen LogP contribution in [0, 0.1) is 4.78 Å². The van der Waals surface area contributed by atoms with Crippen molar-refractivity contribution in [3.63, 3.8) is 0 Å². The summed E-state index contributed by atoms with van der Waals surface area (Å²) in [5.41, 5.74) is 5.24. The van der Waals surface area contributed by atoms with Crippen molar-refractivity contribution < 1.29 is 17.0 Å². The number of carboxylic acid groups (broad SMARTS) is 1. The summed E-state index contributed by atoms with van der Waals surface area (Å²) in [6.45, 7) is 1.96. The topological polar surface area (TPSA) is 104 Å². The first-order valence-corrected chi connectivity index (χ1v) is 6.51. The maximum absolute atomic E-state index is 11.5. The predicted molar refractivity (Wildman–Crippen MR) is 63.7 cm³/mol. The molecule has 0 aromatic heterocycles. The van der Waals surface area contributed by atoms with Gasteiger partial charge in [0.1, 0.15) is 6.04 Å². The Balaban J connectivity index is -0.000000282. The van der Waals surface area contributed by atoms with E-state index in [-0.39, 0.29) is 52.8 Å². The van der Waals surface area contributed by atoms with Gasteiger partial charge < -0.3 is 13.7 Å². The SMILES string of the molecule is CCCCS(=N)(=O)CCC(N)C(=O)O.[Ca+2].[H-].[H-]. The van der Waals surface area contributed by atoms with E-state index in [4.69, 9.17) is 15.6 Å². The Hall–Kier alpha value is 0.640. The molecule has 0 spiro atoms. The molecule has 2 unspecified atom stereocenters. The van der Waals surface area contributed by atoms with Crippen molar-refractivity contribution in [1.82, 2.24) is 0 Å². The van der Waals surface area contributed by atoms with E-state index in [9.17, 15) is 9.00 Å². The van der Waals surface area contributed by atoms with Crippen LogP contribution in [0.2, 0.25) is 0 Å². The van der Waals surface area contributed by atoms with Gasteiger partial charge in [0.05, 0.1) is 0 Å². The number of carbonyl (C=O) groups is 1. The molecule has 88 valence electrons. The van der Waals surface area contributed by atoms with Crippen molar-refractivity contribution >= 4 is 53.4 Å². The molecule has 0 rings (SSSR count). The Bertz CT molecular complexity index is 288. The van der Waals surface area contributed by atoms with Crippen molar-refractivity contribution in [2.75, 3.05) is 11.5 Å². The Labute approximate surface area is 124 Å². The van der Waals surface area contributed by atoms with Crippen molar-refractivity contribution in [1.29, 1.82) is 4.78 Å². The fourth-order valence-electron chi connectivity index (χ4n) is 0.920. The molecule has 0 aromatic carbocycles. The van der Waals surface area contributed by atoms with E-state index in [1.807, 2.05) is 6.92 Å². The first-order valence-electron chi connectivity index (χ1n) is 4.61. The molecular formula is C8H20CaN2O3S. The van der Waals surface area contributed by atoms with E-state index in [0.29, 0.717) is 5.75 Å². The Morgan fingerprint density at radius 1 is 1.60 bits per heavy atom. The van der Waals surface area contributed by atoms with E-state index in [1.165, 1.54) is 0 Å². The van der Waals surface area contributed by atoms with Gasteiger partial charge in [0.2, 0.25) is 0 Å². The quantitative estimate of drug-likeness (QED) is 0.582. The predicted octanol–water partition coefficient (Wildman–Crippen LogP) is 0.479. The summed E-state index contributed by atoms with van der Waals surface area (Å²) >= 11 is 0. The molecule has 0 aromatic rings. The van der Waals surface area contributed by atoms with Crippen molar-refractivity contribution in [3.05, 3.63) is 0 Å². The van der Waals surface area contributed by atoms with Gasteiger partial charge in [0, 0.05) is 21.2 Å². The average Bonchev–Trinajstić information content (AvgIpc) is 2.11. The molecule has 4 N–H and O–H groups in total. The third-order valence-corrected chi connectivity index (χ3v) is 3.75. The van der Waals surface area contributed by atoms with Crippen LogP contribution < -0.4 is 5.73 Å². The van der Waals surface area contributed by atoms with Crippen LogP contribution in [-0.2, 0) is 14.5 Å². The fraction of sp³-hybridized carbons (Fsp3) is 0.875. The summed E-state index contributed by atoms with van der Waals surface area (Å²) in [6.07, 6.45) is 1.74. The third kappa shape index (κ3) is 9.56. The van der Waals surface area contributed by atoms with E-state index >= 15 is 0 Å². The van der Waals surface area contributed by atoms with E-state index in [1.54, 1.807) is 0 Å². The Morgan fingerprint density at radius 2 is 2.13 bits per heavy atom. The molecule has 0 amide bonds. The molecule has 0 radical (unpaired) electrons. The van der Waals surface area contributed by atoms with E-state index in [0.717, 1.165) is 12.8 Å². The van der Waals surface area contributed by atoms with E-state index < -0.39 is 21.7 Å². The van der Waals surface area contributed by atoms with Crippen LogP contribution in [0.1, 0.15) is 29.0 Å². The van der Waals surface area contributed by atoms with Gasteiger partial charge in [-0.15, -0.1) is 0 Å². The van der Waals surface area contributed by atoms with Crippen molar-refractivity contribution in [3.8, 4) is 0 Å². The van der Waals surface area contributed by atoms with Gasteiger partial charge >= 0.3 is 43.7 Å². The molecule has 0 saturated heterocycles. The summed E-state index contributed by atoms with van der Waals surface area (Å²) in [5.74, 6) is -0.674. The largest absolute Gasteiger partial charge is 2.00 e. The van der Waals surface area contributed by atoms with E-state index in [2.05, 4.69) is 0 Å². The Kier molecular flexibility index (Phi) is 10.5. The molecule has 2 atom stereocenters. The summed E-state index contributed by atoms with van der Waals surface area (Å²) in [4.78, 5) is 10.4. The minimum Gasteiger partial charge on any atom is -1.00 e. The van der Waals surface area contributed by atoms with Crippen LogP contribution >= 0.6 is 0 Å². The zero-order valence-corrected chi connectivity index (χ0v) is 12.1. The molecule has 0 aliphatic rings. The number of nitrogens with two attached hydrogens (primary N) is 1. The number of carboxylic acids is 1. The molecular weight excluding hydrogens is 244 g/mol. The van der Waals surface area contributed by atoms with Crippen LogP contribution in [0.4, 0.5) is 0 Å². The van der Waals surface area contributed by atoms with Gasteiger partial charge in [-0.2, -0.15) is 0 Å². The van der Waals surface area contributed by atoms with Gasteiger partial charge in [-0.25, -0.2) is 4.21 Å². The van der Waals surface area contributed by atoms with Gasteiger partial charge in [-0.05, 0) is 12.8 Å². The smallest absolute Gasteiger partial charge is 1.00 e. The van der Waals surface area contributed by atoms with Gasteiger partial charge in [-0.1, -0.05) is 13.3 Å². The third-order valence-electron chi connectivity index (χ3n) is 1.90. The van der Waals surface area contributed by atoms with Gasteiger partial charge in [0.15, 0.2) is 0 Å². The summed E-state index contributed by atoms with van der Waals surface area (Å²) in [5, 5.41) is 8.48. The van der Waals surface area contributed by atoms with Gasteiger partial charge in [0.25, 0.3) is 0 Å². The number of unbranched alkanes of at least 4 members (excludes halogenated alkanes) is 1. The fourth-order valence-corrected chi connectivity index (χ4v) is 2.51. The summed E-state index contributed by atoms with van der Waals surface area (Å²) in [6, 6.07) is -0.997. The number of aliphatic carboxylic acids is 1. The van der Waals surface area contributed by atoms with Crippen LogP contribution in [0.3, 0.4) is 0 Å². The minimum absolute atomic E-state index is 0. The number of hydrogen-bond donors (Lipinski definition) is 3. The zero-order chi connectivity index (χ0) is 11.2. The Morgan fingerprint density at radius 3 is 2.53 bits per heavy atom. The second-order valence-electron chi connectivity index (χ2n) is 3.31. The first-order chi connectivity index (χ1) is 6.39. The molecule has 7 heteroatoms. The van der Waals surface area contributed by atoms with Crippen LogP contribution in [0.25, 0.3) is 0 Å². The first kappa shape index (κ1) is 18.0. The maximum atomic E-state index is 11.5. The average molecular weight is 264 g/mol. The summed E-state index contributed by atoms with van der Waals surface area (Å²) < 4.78 is 18.9. The molecule has 0 aliphatic carbocycles. The van der Waals surface area contributed by atoms with Crippen LogP contribution in [-0.4, -0.2) is 70.6 Å². The molecule has 5 nitrogen and oxygen atoms in total. The van der Waals surface area contributed by atoms with Crippen LogP contribution in [0.15, 0.2) is 0 Å². The zero-order valence-electron chi connectivity index (χ0n) is 11.1. The molecule has 15 heavy (non-hydrogen) atoms. The summed E-state index contributed by atoms with van der Waals surface area (Å²) in [7, 11) is -2.62. The maximum Gasteiger partial charge on any atom is 2.00 e. The number of hydrogen-bond acceptors (Lipinski definition) is 4. The molecule has 0 saturated carbocycles. The molecule has 0 fully saturated rings. The second-order valence-corrected chi connectivity index (χ2v) is 5.75. The van der Waals surface area contributed by atoms with Crippen LogP contribution in [0.5, 0.6) is 0 Å². The van der Waals surface area contributed by atoms with Crippen molar-refractivity contribution in [2.45, 2.75) is 32.2 Å². The molecule has 0 bridgehead atoms. The number of rotatable bonds is 7. The second kappa shape index (κ2) is 8.75. The number of nitrogens with one attached hydrogen (secondary N) is 1. The normalized spacial score (nSPS) is 16.1.